The van der Waals surface area contributed by atoms with E-state index in [-0.39, 0.29) is 0 Å². The summed E-state index contributed by atoms with van der Waals surface area (Å²) in [5.74, 6) is 0.385. The van der Waals surface area contributed by atoms with Crippen molar-refractivity contribution in [2.75, 3.05) is 20.2 Å². The van der Waals surface area contributed by atoms with Crippen LogP contribution >= 0.6 is 11.3 Å². The molecule has 108 valence electrons. The molecule has 2 aromatic heterocycles. The minimum atomic E-state index is 0.385. The number of fused-ring (bicyclic) bond motifs is 1. The lowest BCUT2D eigenvalue weighted by molar-refractivity contribution is 0.0878. The summed E-state index contributed by atoms with van der Waals surface area (Å²) in [5.41, 5.74) is 3.53. The maximum Gasteiger partial charge on any atom is 0.0949 e. The van der Waals surface area contributed by atoms with Gasteiger partial charge >= 0.3 is 0 Å². The smallest absolute Gasteiger partial charge is 0.0949 e. The SMILES string of the molecule is Cc1nc(COCC2CN(C)Cc3ncn(C)c32)cs1. The number of hydrogen-bond acceptors (Lipinski definition) is 5. The van der Waals surface area contributed by atoms with Crippen LogP contribution in [0.15, 0.2) is 11.7 Å². The number of ether oxygens (including phenoxy) is 1. The Balaban J connectivity index is 1.64. The van der Waals surface area contributed by atoms with Gasteiger partial charge in [-0.25, -0.2) is 9.97 Å². The molecule has 0 saturated carbocycles. The quantitative estimate of drug-likeness (QED) is 0.863. The first kappa shape index (κ1) is 13.7. The largest absolute Gasteiger partial charge is 0.374 e. The third-order valence-corrected chi connectivity index (χ3v) is 4.46. The highest BCUT2D eigenvalue weighted by atomic mass is 32.1. The van der Waals surface area contributed by atoms with Gasteiger partial charge in [0.25, 0.3) is 0 Å². The van der Waals surface area contributed by atoms with Gasteiger partial charge in [0.1, 0.15) is 0 Å². The third-order valence-electron chi connectivity index (χ3n) is 3.64. The Morgan fingerprint density at radius 2 is 2.30 bits per heavy atom. The monoisotopic (exact) mass is 292 g/mol. The van der Waals surface area contributed by atoms with E-state index in [9.17, 15) is 0 Å². The molecule has 1 aliphatic rings. The molecule has 0 fully saturated rings. The molecule has 3 heterocycles. The normalized spacial score (nSPS) is 19.2. The van der Waals surface area contributed by atoms with Crippen LogP contribution in [0.25, 0.3) is 0 Å². The lowest BCUT2D eigenvalue weighted by Crippen LogP contribution is -2.33. The Labute approximate surface area is 123 Å². The summed E-state index contributed by atoms with van der Waals surface area (Å²) in [6.07, 6.45) is 1.90. The van der Waals surface area contributed by atoms with Gasteiger partial charge in [0.05, 0.1) is 35.9 Å². The molecule has 1 aliphatic heterocycles. The van der Waals surface area contributed by atoms with Gasteiger partial charge in [0.15, 0.2) is 0 Å². The van der Waals surface area contributed by atoms with E-state index in [0.717, 1.165) is 23.8 Å². The van der Waals surface area contributed by atoms with Crippen LogP contribution in [-0.2, 0) is 24.9 Å². The summed E-state index contributed by atoms with van der Waals surface area (Å²) in [6, 6.07) is 0. The first-order valence-electron chi connectivity index (χ1n) is 6.81. The van der Waals surface area contributed by atoms with Crippen LogP contribution in [0.1, 0.15) is 28.0 Å². The number of nitrogens with zero attached hydrogens (tertiary/aromatic N) is 4. The van der Waals surface area contributed by atoms with Crippen molar-refractivity contribution in [1.29, 1.82) is 0 Å². The molecule has 0 spiro atoms. The molecule has 3 rings (SSSR count). The van der Waals surface area contributed by atoms with Gasteiger partial charge in [-0.2, -0.15) is 0 Å². The molecule has 0 aromatic carbocycles. The zero-order valence-corrected chi connectivity index (χ0v) is 13.0. The molecule has 5 nitrogen and oxygen atoms in total. The number of hydrogen-bond donors (Lipinski definition) is 0. The molecule has 0 amide bonds. The molecule has 1 atom stereocenters. The standard InChI is InChI=1S/C14H20N4OS/c1-10-16-12(8-20-10)7-19-6-11-4-17(2)5-13-14(11)18(3)9-15-13/h8-9,11H,4-7H2,1-3H3. The molecule has 1 unspecified atom stereocenters. The Hall–Kier alpha value is -1.24. The molecule has 2 aromatic rings. The van der Waals surface area contributed by atoms with Crippen LogP contribution in [0.5, 0.6) is 0 Å². The van der Waals surface area contributed by atoms with E-state index in [1.54, 1.807) is 11.3 Å². The zero-order valence-electron chi connectivity index (χ0n) is 12.2. The fourth-order valence-electron chi connectivity index (χ4n) is 2.83. The van der Waals surface area contributed by atoms with Crippen molar-refractivity contribution in [2.45, 2.75) is 26.0 Å². The van der Waals surface area contributed by atoms with Crippen molar-refractivity contribution in [3.05, 3.63) is 33.8 Å². The summed E-state index contributed by atoms with van der Waals surface area (Å²) in [7, 11) is 4.20. The summed E-state index contributed by atoms with van der Waals surface area (Å²) in [6.45, 7) is 5.28. The van der Waals surface area contributed by atoms with Crippen LogP contribution in [0.4, 0.5) is 0 Å². The maximum absolute atomic E-state index is 5.88. The van der Waals surface area contributed by atoms with Crippen LogP contribution < -0.4 is 0 Å². The second-order valence-corrected chi connectivity index (χ2v) is 6.52. The minimum Gasteiger partial charge on any atom is -0.374 e. The Kier molecular flexibility index (Phi) is 3.87. The summed E-state index contributed by atoms with van der Waals surface area (Å²) < 4.78 is 8.01. The van der Waals surface area contributed by atoms with Crippen LogP contribution in [0, 0.1) is 6.92 Å². The van der Waals surface area contributed by atoms with Gasteiger partial charge < -0.3 is 9.30 Å². The molecule has 20 heavy (non-hydrogen) atoms. The van der Waals surface area contributed by atoms with Gasteiger partial charge in [-0.1, -0.05) is 0 Å². The topological polar surface area (TPSA) is 43.2 Å². The molecule has 0 saturated heterocycles. The van der Waals surface area contributed by atoms with Gasteiger partial charge in [-0.05, 0) is 14.0 Å². The zero-order chi connectivity index (χ0) is 14.1. The Morgan fingerprint density at radius 1 is 1.45 bits per heavy atom. The fraction of sp³-hybridized carbons (Fsp3) is 0.571. The number of imidazole rings is 1. The third kappa shape index (κ3) is 2.77. The molecule has 6 heteroatoms. The van der Waals surface area contributed by atoms with E-state index in [2.05, 4.69) is 38.9 Å². The van der Waals surface area contributed by atoms with Crippen molar-refractivity contribution >= 4 is 11.3 Å². The number of aromatic nitrogens is 3. The Bertz CT molecular complexity index is 592. The van der Waals surface area contributed by atoms with Gasteiger partial charge in [-0.15, -0.1) is 11.3 Å². The molecular formula is C14H20N4OS. The average Bonchev–Trinajstić information content (AvgIpc) is 2.96. The predicted octanol–water partition coefficient (Wildman–Crippen LogP) is 1.93. The second kappa shape index (κ2) is 5.63. The van der Waals surface area contributed by atoms with Crippen molar-refractivity contribution < 1.29 is 4.74 Å². The van der Waals surface area contributed by atoms with Crippen LogP contribution in [0.2, 0.25) is 0 Å². The fourth-order valence-corrected chi connectivity index (χ4v) is 3.43. The lowest BCUT2D eigenvalue weighted by atomic mass is 9.99. The van der Waals surface area contributed by atoms with E-state index in [4.69, 9.17) is 4.74 Å². The highest BCUT2D eigenvalue weighted by Gasteiger charge is 2.27. The van der Waals surface area contributed by atoms with E-state index >= 15 is 0 Å². The average molecular weight is 292 g/mol. The number of rotatable bonds is 4. The Morgan fingerprint density at radius 3 is 3.05 bits per heavy atom. The maximum atomic E-state index is 5.88. The van der Waals surface area contributed by atoms with Gasteiger partial charge in [0.2, 0.25) is 0 Å². The predicted molar refractivity (Wildman–Crippen MR) is 78.8 cm³/mol. The van der Waals surface area contributed by atoms with Crippen molar-refractivity contribution in [3.8, 4) is 0 Å². The minimum absolute atomic E-state index is 0.385. The molecule has 0 N–H and O–H groups in total. The van der Waals surface area contributed by atoms with E-state index in [0.29, 0.717) is 19.1 Å². The highest BCUT2D eigenvalue weighted by molar-refractivity contribution is 7.09. The molecule has 0 aliphatic carbocycles. The van der Waals surface area contributed by atoms with E-state index in [1.807, 2.05) is 13.3 Å². The number of thiazole rings is 1. The summed E-state index contributed by atoms with van der Waals surface area (Å²) >= 11 is 1.67. The van der Waals surface area contributed by atoms with Crippen molar-refractivity contribution in [2.24, 2.45) is 7.05 Å². The highest BCUT2D eigenvalue weighted by Crippen LogP contribution is 2.26. The van der Waals surface area contributed by atoms with Crippen molar-refractivity contribution in [1.82, 2.24) is 19.4 Å². The van der Waals surface area contributed by atoms with Gasteiger partial charge in [0, 0.05) is 37.1 Å². The summed E-state index contributed by atoms with van der Waals surface area (Å²) in [5, 5.41) is 3.16. The molecule has 0 radical (unpaired) electrons. The van der Waals surface area contributed by atoms with Crippen molar-refractivity contribution in [3.63, 3.8) is 0 Å². The van der Waals surface area contributed by atoms with Gasteiger partial charge in [-0.3, -0.25) is 4.90 Å². The summed E-state index contributed by atoms with van der Waals surface area (Å²) in [4.78, 5) is 11.2. The second-order valence-electron chi connectivity index (χ2n) is 5.45. The van der Waals surface area contributed by atoms with E-state index in [1.165, 1.54) is 11.4 Å². The molecule has 0 bridgehead atoms. The number of aryl methyl sites for hydroxylation is 2. The van der Waals surface area contributed by atoms with Crippen LogP contribution in [0.3, 0.4) is 0 Å². The first-order chi connectivity index (χ1) is 9.63. The van der Waals surface area contributed by atoms with E-state index < -0.39 is 0 Å². The molecular weight excluding hydrogens is 272 g/mol. The first-order valence-corrected chi connectivity index (χ1v) is 7.69. The van der Waals surface area contributed by atoms with Crippen LogP contribution in [-0.4, -0.2) is 39.6 Å². The number of likely N-dealkylation sites (N-methyl/N-ethyl adjacent to an activating group) is 1. The lowest BCUT2D eigenvalue weighted by Gasteiger charge is -2.30.